The largest absolute Gasteiger partial charge is 0.418 e. The number of β-amino-alcohol motifs (C(OH)–C–C–N with tert-alkyl or cyclic N) is 1. The number of hydrogen-bond acceptors (Lipinski definition) is 4. The fourth-order valence-corrected chi connectivity index (χ4v) is 2.48. The van der Waals surface area contributed by atoms with Crippen LogP contribution in [-0.4, -0.2) is 65.2 Å². The molecule has 126 valence electrons. The molecule has 0 saturated carbocycles. The van der Waals surface area contributed by atoms with E-state index in [9.17, 15) is 23.4 Å². The Morgan fingerprint density at radius 2 is 1.76 bits per heavy atom. The standard InChI is InChI=1S/C14H27F3N2O2/c1-11(2)8-18-13(10-20)4-6-19(7-5-13)9-12(3,21)14(15,16)17/h11,18,20-21H,4-10H2,1-3H3/t12-/m0/s1. The van der Waals surface area contributed by atoms with Crippen LogP contribution in [0.25, 0.3) is 0 Å². The van der Waals surface area contributed by atoms with Gasteiger partial charge in [0.15, 0.2) is 5.60 Å². The van der Waals surface area contributed by atoms with Crippen LogP contribution in [-0.2, 0) is 0 Å². The van der Waals surface area contributed by atoms with Gasteiger partial charge in [-0.05, 0) is 32.2 Å². The molecule has 1 aliphatic heterocycles. The first-order valence-corrected chi connectivity index (χ1v) is 7.39. The summed E-state index contributed by atoms with van der Waals surface area (Å²) in [5, 5.41) is 22.5. The minimum atomic E-state index is -4.63. The third-order valence-electron chi connectivity index (χ3n) is 4.14. The van der Waals surface area contributed by atoms with Crippen LogP contribution in [0.2, 0.25) is 0 Å². The summed E-state index contributed by atoms with van der Waals surface area (Å²) in [6, 6.07) is 0. The molecule has 1 heterocycles. The van der Waals surface area contributed by atoms with Crippen molar-refractivity contribution >= 4 is 0 Å². The zero-order valence-electron chi connectivity index (χ0n) is 13.0. The Morgan fingerprint density at radius 1 is 1.24 bits per heavy atom. The van der Waals surface area contributed by atoms with E-state index in [0.29, 0.717) is 31.8 Å². The van der Waals surface area contributed by atoms with Crippen LogP contribution in [0, 0.1) is 5.92 Å². The van der Waals surface area contributed by atoms with E-state index >= 15 is 0 Å². The van der Waals surface area contributed by atoms with Gasteiger partial charge in [0.25, 0.3) is 0 Å². The lowest BCUT2D eigenvalue weighted by molar-refractivity contribution is -0.258. The predicted octanol–water partition coefficient (Wildman–Crippen LogP) is 1.37. The van der Waals surface area contributed by atoms with Crippen LogP contribution in [0.15, 0.2) is 0 Å². The number of likely N-dealkylation sites (tertiary alicyclic amines) is 1. The lowest BCUT2D eigenvalue weighted by Crippen LogP contribution is -2.59. The van der Waals surface area contributed by atoms with Crippen molar-refractivity contribution < 1.29 is 23.4 Å². The highest BCUT2D eigenvalue weighted by Gasteiger charge is 2.51. The maximum Gasteiger partial charge on any atom is 0.418 e. The van der Waals surface area contributed by atoms with E-state index in [1.54, 1.807) is 4.90 Å². The minimum Gasteiger partial charge on any atom is -0.394 e. The summed E-state index contributed by atoms with van der Waals surface area (Å²) in [4.78, 5) is 1.61. The molecule has 0 unspecified atom stereocenters. The molecule has 4 nitrogen and oxygen atoms in total. The Morgan fingerprint density at radius 3 is 2.14 bits per heavy atom. The number of aliphatic hydroxyl groups excluding tert-OH is 1. The van der Waals surface area contributed by atoms with Gasteiger partial charge in [-0.25, -0.2) is 0 Å². The van der Waals surface area contributed by atoms with Crippen molar-refractivity contribution in [2.24, 2.45) is 5.92 Å². The number of aliphatic hydroxyl groups is 2. The van der Waals surface area contributed by atoms with Gasteiger partial charge in [0.05, 0.1) is 6.61 Å². The molecule has 0 aliphatic carbocycles. The molecule has 0 amide bonds. The summed E-state index contributed by atoms with van der Waals surface area (Å²) in [6.45, 7) is 6.10. The molecule has 0 aromatic rings. The Bertz CT molecular complexity index is 325. The van der Waals surface area contributed by atoms with Crippen molar-refractivity contribution in [1.29, 1.82) is 0 Å². The first-order valence-electron chi connectivity index (χ1n) is 7.39. The number of piperidine rings is 1. The number of hydrogen-bond donors (Lipinski definition) is 3. The summed E-state index contributed by atoms with van der Waals surface area (Å²) in [7, 11) is 0. The summed E-state index contributed by atoms with van der Waals surface area (Å²) in [5.41, 5.74) is -3.11. The van der Waals surface area contributed by atoms with Gasteiger partial charge in [0.2, 0.25) is 0 Å². The van der Waals surface area contributed by atoms with Gasteiger partial charge >= 0.3 is 6.18 Å². The fourth-order valence-electron chi connectivity index (χ4n) is 2.48. The molecule has 1 saturated heterocycles. The predicted molar refractivity (Wildman–Crippen MR) is 75.0 cm³/mol. The topological polar surface area (TPSA) is 55.7 Å². The Labute approximate surface area is 124 Å². The number of nitrogens with zero attached hydrogens (tertiary/aromatic N) is 1. The second-order valence-electron chi connectivity index (χ2n) is 6.76. The Balaban J connectivity index is 2.54. The molecular weight excluding hydrogens is 285 g/mol. The van der Waals surface area contributed by atoms with E-state index in [1.165, 1.54) is 0 Å². The van der Waals surface area contributed by atoms with Gasteiger partial charge in [-0.15, -0.1) is 0 Å². The van der Waals surface area contributed by atoms with Crippen molar-refractivity contribution in [1.82, 2.24) is 10.2 Å². The zero-order valence-corrected chi connectivity index (χ0v) is 13.0. The number of halogens is 3. The fraction of sp³-hybridized carbons (Fsp3) is 1.00. The highest BCUT2D eigenvalue weighted by molar-refractivity contribution is 4.95. The number of alkyl halides is 3. The van der Waals surface area contributed by atoms with Crippen LogP contribution < -0.4 is 5.32 Å². The number of nitrogens with one attached hydrogen (secondary N) is 1. The quantitative estimate of drug-likeness (QED) is 0.693. The third kappa shape index (κ3) is 5.09. The second-order valence-corrected chi connectivity index (χ2v) is 6.76. The normalized spacial score (nSPS) is 23.3. The third-order valence-corrected chi connectivity index (χ3v) is 4.14. The Kier molecular flexibility index (Phi) is 6.06. The highest BCUT2D eigenvalue weighted by Crippen LogP contribution is 2.32. The molecule has 0 spiro atoms. The van der Waals surface area contributed by atoms with E-state index in [4.69, 9.17) is 0 Å². The van der Waals surface area contributed by atoms with Gasteiger partial charge in [-0.1, -0.05) is 13.8 Å². The summed E-state index contributed by atoms with van der Waals surface area (Å²) in [6.07, 6.45) is -3.48. The summed E-state index contributed by atoms with van der Waals surface area (Å²) >= 11 is 0. The number of rotatable bonds is 6. The molecule has 0 aromatic carbocycles. The monoisotopic (exact) mass is 312 g/mol. The zero-order chi connectivity index (χ0) is 16.3. The molecule has 1 atom stereocenters. The molecule has 3 N–H and O–H groups in total. The first kappa shape index (κ1) is 18.7. The van der Waals surface area contributed by atoms with Crippen LogP contribution in [0.5, 0.6) is 0 Å². The molecule has 7 heteroatoms. The average molecular weight is 312 g/mol. The first-order chi connectivity index (χ1) is 9.51. The van der Waals surface area contributed by atoms with Gasteiger partial charge in [-0.2, -0.15) is 13.2 Å². The lowest BCUT2D eigenvalue weighted by Gasteiger charge is -2.43. The van der Waals surface area contributed by atoms with E-state index in [2.05, 4.69) is 19.2 Å². The lowest BCUT2D eigenvalue weighted by atomic mass is 9.87. The van der Waals surface area contributed by atoms with E-state index in [-0.39, 0.29) is 6.61 Å². The molecule has 1 rings (SSSR count). The molecule has 1 aliphatic rings. The molecular formula is C14H27F3N2O2. The average Bonchev–Trinajstić information content (AvgIpc) is 2.36. The minimum absolute atomic E-state index is 0.0246. The van der Waals surface area contributed by atoms with Gasteiger partial charge in [0, 0.05) is 25.2 Å². The second kappa shape index (κ2) is 6.81. The molecule has 0 aromatic heterocycles. The molecule has 0 bridgehead atoms. The van der Waals surface area contributed by atoms with Crippen molar-refractivity contribution in [2.45, 2.75) is 50.9 Å². The molecule has 21 heavy (non-hydrogen) atoms. The van der Waals surface area contributed by atoms with Gasteiger partial charge in [0.1, 0.15) is 0 Å². The van der Waals surface area contributed by atoms with Crippen LogP contribution in [0.1, 0.15) is 33.6 Å². The van der Waals surface area contributed by atoms with Gasteiger partial charge in [-0.3, -0.25) is 4.90 Å². The molecule has 0 radical (unpaired) electrons. The summed E-state index contributed by atoms with van der Waals surface area (Å²) in [5.74, 6) is 0.442. The van der Waals surface area contributed by atoms with Crippen LogP contribution in [0.3, 0.4) is 0 Å². The van der Waals surface area contributed by atoms with Crippen molar-refractivity contribution in [3.63, 3.8) is 0 Å². The van der Waals surface area contributed by atoms with Crippen molar-refractivity contribution in [3.8, 4) is 0 Å². The maximum atomic E-state index is 12.7. The van der Waals surface area contributed by atoms with E-state index in [1.807, 2.05) is 0 Å². The van der Waals surface area contributed by atoms with Gasteiger partial charge < -0.3 is 15.5 Å². The van der Waals surface area contributed by atoms with E-state index < -0.39 is 23.9 Å². The van der Waals surface area contributed by atoms with Crippen molar-refractivity contribution in [2.75, 3.05) is 32.8 Å². The molecule has 1 fully saturated rings. The van der Waals surface area contributed by atoms with Crippen molar-refractivity contribution in [3.05, 3.63) is 0 Å². The maximum absolute atomic E-state index is 12.7. The summed E-state index contributed by atoms with van der Waals surface area (Å²) < 4.78 is 38.1. The van der Waals surface area contributed by atoms with E-state index in [0.717, 1.165) is 13.5 Å². The van der Waals surface area contributed by atoms with Crippen LogP contribution >= 0.6 is 0 Å². The highest BCUT2D eigenvalue weighted by atomic mass is 19.4. The Hall–Kier alpha value is -0.370. The smallest absolute Gasteiger partial charge is 0.394 e. The SMILES string of the molecule is CC(C)CNC1(CO)CCN(C[C@](C)(O)C(F)(F)F)CC1. The van der Waals surface area contributed by atoms with Crippen LogP contribution in [0.4, 0.5) is 13.2 Å².